The lowest BCUT2D eigenvalue weighted by atomic mass is 10.1. The van der Waals surface area contributed by atoms with Crippen LogP contribution in [0.4, 0.5) is 5.69 Å². The predicted octanol–water partition coefficient (Wildman–Crippen LogP) is 5.11. The minimum absolute atomic E-state index is 0.0993. The molecule has 0 saturated heterocycles. The highest BCUT2D eigenvalue weighted by atomic mass is 35.5. The van der Waals surface area contributed by atoms with E-state index in [0.29, 0.717) is 12.3 Å². The Balaban J connectivity index is 2.19. The van der Waals surface area contributed by atoms with Crippen molar-refractivity contribution in [2.75, 3.05) is 5.32 Å². The number of carbonyl (C=O) groups is 1. The number of carbonyl (C=O) groups excluding carboxylic acids is 1. The van der Waals surface area contributed by atoms with Crippen LogP contribution in [0.15, 0.2) is 24.3 Å². The number of unbranched alkanes of at least 4 members (excludes halogenated alkanes) is 5. The molecule has 0 aromatic heterocycles. The molecule has 2 nitrogen and oxygen atoms in total. The zero-order valence-corrected chi connectivity index (χ0v) is 12.5. The van der Waals surface area contributed by atoms with Gasteiger partial charge >= 0.3 is 0 Å². The highest BCUT2D eigenvalue weighted by Gasteiger charge is 2.02. The van der Waals surface area contributed by atoms with E-state index in [1.165, 1.54) is 25.7 Å². The maximum absolute atomic E-state index is 11.8. The van der Waals surface area contributed by atoms with E-state index in [0.717, 1.165) is 24.1 Å². The molecule has 0 unspecified atom stereocenters. The molecule has 0 fully saturated rings. The number of halogens is 1. The number of nitrogens with one attached hydrogen (secondary N) is 1. The van der Waals surface area contributed by atoms with E-state index in [4.69, 9.17) is 11.6 Å². The molecule has 1 amide bonds. The molecule has 1 aromatic rings. The first-order chi connectivity index (χ1) is 9.26. The standard InChI is InChI=1S/C16H24ClNO/c1-2-3-4-5-6-7-11-16(19)18-15-10-8-9-14(12-15)13-17/h8-10,12H,2-7,11,13H2,1H3,(H,18,19). The van der Waals surface area contributed by atoms with Gasteiger partial charge in [-0.15, -0.1) is 11.6 Å². The van der Waals surface area contributed by atoms with Gasteiger partial charge in [0.05, 0.1) is 0 Å². The lowest BCUT2D eigenvalue weighted by Crippen LogP contribution is -2.11. The summed E-state index contributed by atoms with van der Waals surface area (Å²) in [4.78, 5) is 11.8. The number of rotatable bonds is 9. The summed E-state index contributed by atoms with van der Waals surface area (Å²) < 4.78 is 0. The van der Waals surface area contributed by atoms with Gasteiger partial charge in [-0.3, -0.25) is 4.79 Å². The van der Waals surface area contributed by atoms with E-state index >= 15 is 0 Å². The summed E-state index contributed by atoms with van der Waals surface area (Å²) in [5.41, 5.74) is 1.87. The minimum atomic E-state index is 0.0993. The molecule has 106 valence electrons. The maximum Gasteiger partial charge on any atom is 0.224 e. The molecule has 1 aromatic carbocycles. The second kappa shape index (κ2) is 9.85. The van der Waals surface area contributed by atoms with Crippen molar-refractivity contribution in [3.8, 4) is 0 Å². The van der Waals surface area contributed by atoms with Gasteiger partial charge in [-0.2, -0.15) is 0 Å². The van der Waals surface area contributed by atoms with Crippen LogP contribution in [0.1, 0.15) is 57.4 Å². The quantitative estimate of drug-likeness (QED) is 0.494. The normalized spacial score (nSPS) is 10.4. The van der Waals surface area contributed by atoms with Crippen LogP contribution in [0.3, 0.4) is 0 Å². The van der Waals surface area contributed by atoms with Crippen LogP contribution in [0, 0.1) is 0 Å². The summed E-state index contributed by atoms with van der Waals surface area (Å²) in [6.07, 6.45) is 7.82. The molecule has 0 aliphatic rings. The van der Waals surface area contributed by atoms with Gasteiger partial charge in [0, 0.05) is 18.0 Å². The monoisotopic (exact) mass is 281 g/mol. The summed E-state index contributed by atoms with van der Waals surface area (Å²) in [6.45, 7) is 2.21. The van der Waals surface area contributed by atoms with Crippen LogP contribution >= 0.6 is 11.6 Å². The smallest absolute Gasteiger partial charge is 0.224 e. The summed E-state index contributed by atoms with van der Waals surface area (Å²) in [5, 5.41) is 2.92. The van der Waals surface area contributed by atoms with Crippen molar-refractivity contribution in [1.82, 2.24) is 0 Å². The average Bonchev–Trinajstić information content (AvgIpc) is 2.43. The Morgan fingerprint density at radius 1 is 1.16 bits per heavy atom. The first-order valence-electron chi connectivity index (χ1n) is 7.21. The lowest BCUT2D eigenvalue weighted by Gasteiger charge is -2.06. The molecule has 0 spiro atoms. The van der Waals surface area contributed by atoms with E-state index in [1.807, 2.05) is 24.3 Å². The van der Waals surface area contributed by atoms with Gasteiger partial charge in [0.15, 0.2) is 0 Å². The van der Waals surface area contributed by atoms with Crippen molar-refractivity contribution in [1.29, 1.82) is 0 Å². The molecule has 19 heavy (non-hydrogen) atoms. The zero-order chi connectivity index (χ0) is 13.9. The van der Waals surface area contributed by atoms with Gasteiger partial charge in [0.25, 0.3) is 0 Å². The third kappa shape index (κ3) is 7.22. The van der Waals surface area contributed by atoms with E-state index < -0.39 is 0 Å². The maximum atomic E-state index is 11.8. The number of benzene rings is 1. The van der Waals surface area contributed by atoms with Crippen molar-refractivity contribution in [2.45, 2.75) is 57.7 Å². The molecule has 0 heterocycles. The molecule has 0 saturated carbocycles. The number of anilines is 1. The van der Waals surface area contributed by atoms with E-state index in [1.54, 1.807) is 0 Å². The lowest BCUT2D eigenvalue weighted by molar-refractivity contribution is -0.116. The van der Waals surface area contributed by atoms with E-state index in [-0.39, 0.29) is 5.91 Å². The van der Waals surface area contributed by atoms with Crippen LogP contribution in [-0.4, -0.2) is 5.91 Å². The minimum Gasteiger partial charge on any atom is -0.326 e. The van der Waals surface area contributed by atoms with Gasteiger partial charge in [0.2, 0.25) is 5.91 Å². The van der Waals surface area contributed by atoms with Gasteiger partial charge < -0.3 is 5.32 Å². The average molecular weight is 282 g/mol. The molecule has 0 aliphatic carbocycles. The van der Waals surface area contributed by atoms with Crippen molar-refractivity contribution in [3.05, 3.63) is 29.8 Å². The largest absolute Gasteiger partial charge is 0.326 e. The zero-order valence-electron chi connectivity index (χ0n) is 11.8. The topological polar surface area (TPSA) is 29.1 Å². The molecule has 3 heteroatoms. The van der Waals surface area contributed by atoms with E-state index in [9.17, 15) is 4.79 Å². The fourth-order valence-corrected chi connectivity index (χ4v) is 2.19. The first kappa shape index (κ1) is 16.0. The third-order valence-corrected chi connectivity index (χ3v) is 3.43. The van der Waals surface area contributed by atoms with Crippen LogP contribution in [0.2, 0.25) is 0 Å². The molecular weight excluding hydrogens is 258 g/mol. The fourth-order valence-electron chi connectivity index (χ4n) is 2.02. The van der Waals surface area contributed by atoms with Crippen LogP contribution in [0.5, 0.6) is 0 Å². The Bertz CT molecular complexity index is 379. The predicted molar refractivity (Wildman–Crippen MR) is 82.6 cm³/mol. The summed E-state index contributed by atoms with van der Waals surface area (Å²) >= 11 is 5.77. The van der Waals surface area contributed by atoms with Crippen molar-refractivity contribution >= 4 is 23.2 Å². The second-order valence-electron chi connectivity index (χ2n) is 4.90. The van der Waals surface area contributed by atoms with E-state index in [2.05, 4.69) is 12.2 Å². The Morgan fingerprint density at radius 2 is 1.89 bits per heavy atom. The molecule has 1 N–H and O–H groups in total. The number of amides is 1. The number of alkyl halides is 1. The summed E-state index contributed by atoms with van der Waals surface area (Å²) in [7, 11) is 0. The summed E-state index contributed by atoms with van der Waals surface area (Å²) in [5.74, 6) is 0.573. The molecule has 1 rings (SSSR count). The van der Waals surface area contributed by atoms with Crippen LogP contribution < -0.4 is 5.32 Å². The Labute approximate surface area is 121 Å². The molecule has 0 radical (unpaired) electrons. The fraction of sp³-hybridized carbons (Fsp3) is 0.562. The second-order valence-corrected chi connectivity index (χ2v) is 5.17. The SMILES string of the molecule is CCCCCCCCC(=O)Nc1cccc(CCl)c1. The molecule has 0 aliphatic heterocycles. The van der Waals surface area contributed by atoms with Crippen LogP contribution in [-0.2, 0) is 10.7 Å². The van der Waals surface area contributed by atoms with Gasteiger partial charge in [0.1, 0.15) is 0 Å². The first-order valence-corrected chi connectivity index (χ1v) is 7.74. The van der Waals surface area contributed by atoms with Crippen LogP contribution in [0.25, 0.3) is 0 Å². The highest BCUT2D eigenvalue weighted by molar-refractivity contribution is 6.17. The third-order valence-electron chi connectivity index (χ3n) is 3.12. The highest BCUT2D eigenvalue weighted by Crippen LogP contribution is 2.13. The van der Waals surface area contributed by atoms with Gasteiger partial charge in [-0.1, -0.05) is 51.2 Å². The molecule has 0 atom stereocenters. The Kier molecular flexibility index (Phi) is 8.31. The summed E-state index contributed by atoms with van der Waals surface area (Å²) in [6, 6.07) is 7.69. The molecular formula is C16H24ClNO. The van der Waals surface area contributed by atoms with Crippen molar-refractivity contribution in [2.24, 2.45) is 0 Å². The number of hydrogen-bond acceptors (Lipinski definition) is 1. The van der Waals surface area contributed by atoms with Gasteiger partial charge in [-0.25, -0.2) is 0 Å². The van der Waals surface area contributed by atoms with Crippen molar-refractivity contribution < 1.29 is 4.79 Å². The Morgan fingerprint density at radius 3 is 2.63 bits per heavy atom. The molecule has 0 bridgehead atoms. The number of hydrogen-bond donors (Lipinski definition) is 1. The van der Waals surface area contributed by atoms with Crippen molar-refractivity contribution in [3.63, 3.8) is 0 Å². The van der Waals surface area contributed by atoms with Gasteiger partial charge in [-0.05, 0) is 24.1 Å². The Hall–Kier alpha value is -1.02.